The lowest BCUT2D eigenvalue weighted by molar-refractivity contribution is -0.122. The molecule has 0 radical (unpaired) electrons. The van der Waals surface area contributed by atoms with Crippen LogP contribution in [0.1, 0.15) is 18.9 Å². The molecule has 1 saturated heterocycles. The normalized spacial score (nSPS) is 22.2. The third kappa shape index (κ3) is 4.19. The number of benzene rings is 1. The molecule has 1 aliphatic heterocycles. The Hall–Kier alpha value is -1.59. The van der Waals surface area contributed by atoms with Gasteiger partial charge in [0, 0.05) is 24.7 Å². The highest BCUT2D eigenvalue weighted by Gasteiger charge is 2.29. The van der Waals surface area contributed by atoms with Crippen molar-refractivity contribution in [3.05, 3.63) is 29.8 Å². The monoisotopic (exact) mass is 291 g/mol. The Morgan fingerprint density at radius 2 is 2.24 bits per heavy atom. The van der Waals surface area contributed by atoms with Crippen LogP contribution in [-0.4, -0.2) is 43.6 Å². The Bertz CT molecular complexity index is 478. The van der Waals surface area contributed by atoms with Gasteiger partial charge in [-0.3, -0.25) is 9.69 Å². The first-order valence-electron chi connectivity index (χ1n) is 7.46. The number of rotatable bonds is 6. The molecule has 116 valence electrons. The standard InChI is InChI=1S/C16H25N3O2/c1-12-7-13(8-17)10-19(12)11-16(20)18-9-14-5-3-4-6-15(14)21-2/h3-6,12-13H,7-11,17H2,1-2H3,(H,18,20). The van der Waals surface area contributed by atoms with Crippen LogP contribution in [0, 0.1) is 5.92 Å². The van der Waals surface area contributed by atoms with Crippen LogP contribution in [0.4, 0.5) is 0 Å². The van der Waals surface area contributed by atoms with Gasteiger partial charge in [-0.15, -0.1) is 0 Å². The van der Waals surface area contributed by atoms with Gasteiger partial charge < -0.3 is 15.8 Å². The van der Waals surface area contributed by atoms with E-state index in [0.29, 0.717) is 31.6 Å². The van der Waals surface area contributed by atoms with Crippen molar-refractivity contribution in [1.82, 2.24) is 10.2 Å². The molecule has 0 aromatic heterocycles. The molecule has 2 unspecified atom stereocenters. The maximum atomic E-state index is 12.1. The predicted molar refractivity (Wildman–Crippen MR) is 83.0 cm³/mol. The molecular weight excluding hydrogens is 266 g/mol. The lowest BCUT2D eigenvalue weighted by atomic mass is 10.1. The quantitative estimate of drug-likeness (QED) is 0.820. The average Bonchev–Trinajstić information content (AvgIpc) is 2.85. The first-order valence-corrected chi connectivity index (χ1v) is 7.46. The van der Waals surface area contributed by atoms with Crippen molar-refractivity contribution in [2.24, 2.45) is 11.7 Å². The van der Waals surface area contributed by atoms with Crippen LogP contribution in [0.2, 0.25) is 0 Å². The fourth-order valence-corrected chi connectivity index (χ4v) is 2.89. The molecule has 0 spiro atoms. The van der Waals surface area contributed by atoms with Crippen LogP contribution in [0.5, 0.6) is 5.75 Å². The zero-order valence-electron chi connectivity index (χ0n) is 12.8. The summed E-state index contributed by atoms with van der Waals surface area (Å²) < 4.78 is 5.28. The van der Waals surface area contributed by atoms with E-state index in [2.05, 4.69) is 17.1 Å². The molecule has 3 N–H and O–H groups in total. The fraction of sp³-hybridized carbons (Fsp3) is 0.562. The molecule has 5 heteroatoms. The Morgan fingerprint density at radius 1 is 1.48 bits per heavy atom. The lowest BCUT2D eigenvalue weighted by Gasteiger charge is -2.20. The molecule has 2 atom stereocenters. The Balaban J connectivity index is 1.82. The van der Waals surface area contributed by atoms with Gasteiger partial charge in [-0.1, -0.05) is 18.2 Å². The molecule has 1 fully saturated rings. The van der Waals surface area contributed by atoms with E-state index in [1.54, 1.807) is 7.11 Å². The molecule has 0 bridgehead atoms. The van der Waals surface area contributed by atoms with Gasteiger partial charge in [0.1, 0.15) is 5.75 Å². The van der Waals surface area contributed by atoms with E-state index in [1.165, 1.54) is 0 Å². The number of nitrogens with one attached hydrogen (secondary N) is 1. The van der Waals surface area contributed by atoms with Gasteiger partial charge in [0.05, 0.1) is 13.7 Å². The first-order chi connectivity index (χ1) is 10.1. The predicted octanol–water partition coefficient (Wildman–Crippen LogP) is 0.981. The zero-order valence-corrected chi connectivity index (χ0v) is 12.8. The highest BCUT2D eigenvalue weighted by Crippen LogP contribution is 2.21. The van der Waals surface area contributed by atoms with Gasteiger partial charge in [-0.05, 0) is 31.9 Å². The number of nitrogens with zero attached hydrogens (tertiary/aromatic N) is 1. The number of likely N-dealkylation sites (tertiary alicyclic amines) is 1. The third-order valence-electron chi connectivity index (χ3n) is 4.14. The topological polar surface area (TPSA) is 67.6 Å². The number of carbonyl (C=O) groups is 1. The smallest absolute Gasteiger partial charge is 0.234 e. The maximum absolute atomic E-state index is 12.1. The number of amides is 1. The minimum atomic E-state index is 0.0467. The Labute approximate surface area is 126 Å². The van der Waals surface area contributed by atoms with Crippen LogP contribution in [0.15, 0.2) is 24.3 Å². The Morgan fingerprint density at radius 3 is 2.90 bits per heavy atom. The van der Waals surface area contributed by atoms with E-state index in [4.69, 9.17) is 10.5 Å². The molecule has 5 nitrogen and oxygen atoms in total. The molecule has 1 aliphatic rings. The summed E-state index contributed by atoms with van der Waals surface area (Å²) >= 11 is 0. The molecule has 0 saturated carbocycles. The lowest BCUT2D eigenvalue weighted by Crippen LogP contribution is -2.39. The largest absolute Gasteiger partial charge is 0.496 e. The molecule has 1 aromatic carbocycles. The maximum Gasteiger partial charge on any atom is 0.234 e. The first kappa shape index (κ1) is 15.8. The molecule has 1 heterocycles. The van der Waals surface area contributed by atoms with E-state index in [0.717, 1.165) is 24.3 Å². The van der Waals surface area contributed by atoms with Gasteiger partial charge in [0.2, 0.25) is 5.91 Å². The highest BCUT2D eigenvalue weighted by atomic mass is 16.5. The molecule has 1 aromatic rings. The number of hydrogen-bond donors (Lipinski definition) is 2. The number of carbonyl (C=O) groups excluding carboxylic acids is 1. The van der Waals surface area contributed by atoms with Crippen LogP contribution < -0.4 is 15.8 Å². The van der Waals surface area contributed by atoms with Gasteiger partial charge >= 0.3 is 0 Å². The van der Waals surface area contributed by atoms with E-state index >= 15 is 0 Å². The minimum absolute atomic E-state index is 0.0467. The summed E-state index contributed by atoms with van der Waals surface area (Å²) in [7, 11) is 1.64. The summed E-state index contributed by atoms with van der Waals surface area (Å²) in [6.07, 6.45) is 1.08. The number of para-hydroxylation sites is 1. The van der Waals surface area contributed by atoms with Gasteiger partial charge in [0.15, 0.2) is 0 Å². The fourth-order valence-electron chi connectivity index (χ4n) is 2.89. The average molecular weight is 291 g/mol. The summed E-state index contributed by atoms with van der Waals surface area (Å²) in [6.45, 7) is 4.70. The summed E-state index contributed by atoms with van der Waals surface area (Å²) in [6, 6.07) is 8.15. The summed E-state index contributed by atoms with van der Waals surface area (Å²) in [5, 5.41) is 2.96. The van der Waals surface area contributed by atoms with Crippen molar-refractivity contribution in [1.29, 1.82) is 0 Å². The van der Waals surface area contributed by atoms with Crippen molar-refractivity contribution in [2.75, 3.05) is 26.7 Å². The summed E-state index contributed by atoms with van der Waals surface area (Å²) in [4.78, 5) is 14.3. The number of nitrogens with two attached hydrogens (primary N) is 1. The van der Waals surface area contributed by atoms with Gasteiger partial charge in [-0.25, -0.2) is 0 Å². The number of ether oxygens (including phenoxy) is 1. The molecule has 1 amide bonds. The van der Waals surface area contributed by atoms with Crippen LogP contribution in [0.25, 0.3) is 0 Å². The van der Waals surface area contributed by atoms with Crippen LogP contribution >= 0.6 is 0 Å². The van der Waals surface area contributed by atoms with Crippen molar-refractivity contribution < 1.29 is 9.53 Å². The van der Waals surface area contributed by atoms with E-state index in [-0.39, 0.29) is 5.91 Å². The van der Waals surface area contributed by atoms with Crippen LogP contribution in [-0.2, 0) is 11.3 Å². The highest BCUT2D eigenvalue weighted by molar-refractivity contribution is 5.78. The van der Waals surface area contributed by atoms with Crippen molar-refractivity contribution in [3.8, 4) is 5.75 Å². The minimum Gasteiger partial charge on any atom is -0.496 e. The summed E-state index contributed by atoms with van der Waals surface area (Å²) in [5.74, 6) is 1.36. The van der Waals surface area contributed by atoms with Crippen molar-refractivity contribution >= 4 is 5.91 Å². The van der Waals surface area contributed by atoms with Crippen molar-refractivity contribution in [2.45, 2.75) is 25.9 Å². The second-order valence-corrected chi connectivity index (χ2v) is 5.70. The Kier molecular flexibility index (Phi) is 5.59. The third-order valence-corrected chi connectivity index (χ3v) is 4.14. The summed E-state index contributed by atoms with van der Waals surface area (Å²) in [5.41, 5.74) is 6.70. The van der Waals surface area contributed by atoms with Crippen molar-refractivity contribution in [3.63, 3.8) is 0 Å². The second-order valence-electron chi connectivity index (χ2n) is 5.70. The SMILES string of the molecule is COc1ccccc1CNC(=O)CN1CC(CN)CC1C. The van der Waals surface area contributed by atoms with E-state index < -0.39 is 0 Å². The van der Waals surface area contributed by atoms with Gasteiger partial charge in [-0.2, -0.15) is 0 Å². The number of hydrogen-bond acceptors (Lipinski definition) is 4. The molecular formula is C16H25N3O2. The van der Waals surface area contributed by atoms with E-state index in [9.17, 15) is 4.79 Å². The molecule has 2 rings (SSSR count). The van der Waals surface area contributed by atoms with Gasteiger partial charge in [0.25, 0.3) is 0 Å². The number of methoxy groups -OCH3 is 1. The van der Waals surface area contributed by atoms with E-state index in [1.807, 2.05) is 24.3 Å². The second kappa shape index (κ2) is 7.43. The molecule has 0 aliphatic carbocycles. The zero-order chi connectivity index (χ0) is 15.2. The van der Waals surface area contributed by atoms with Crippen LogP contribution in [0.3, 0.4) is 0 Å². The molecule has 21 heavy (non-hydrogen) atoms.